The average molecular weight is 220 g/mol. The van der Waals surface area contributed by atoms with Crippen molar-refractivity contribution in [2.45, 2.75) is 26.1 Å². The van der Waals surface area contributed by atoms with E-state index in [1.807, 2.05) is 24.0 Å². The van der Waals surface area contributed by atoms with Crippen molar-refractivity contribution in [2.75, 3.05) is 0 Å². The van der Waals surface area contributed by atoms with Gasteiger partial charge in [-0.2, -0.15) is 10.2 Å². The topological polar surface area (TPSA) is 60.6 Å². The summed E-state index contributed by atoms with van der Waals surface area (Å²) in [6.07, 6.45) is 5.31. The van der Waals surface area contributed by atoms with Gasteiger partial charge in [0.15, 0.2) is 0 Å². The highest BCUT2D eigenvalue weighted by Gasteiger charge is 2.05. The molecule has 2 rings (SSSR count). The minimum absolute atomic E-state index is 0.344. The fraction of sp³-hybridized carbons (Fsp3) is 0.500. The Bertz CT molecular complexity index is 418. The van der Waals surface area contributed by atoms with E-state index in [0.29, 0.717) is 6.04 Å². The Morgan fingerprint density at radius 1 is 1.44 bits per heavy atom. The normalized spacial score (nSPS) is 12.9. The number of nitrogens with one attached hydrogen (secondary N) is 1. The van der Waals surface area contributed by atoms with Gasteiger partial charge in [0.25, 0.3) is 0 Å². The molecule has 2 heterocycles. The maximum atomic E-state index is 4.16. The van der Waals surface area contributed by atoms with Gasteiger partial charge >= 0.3 is 0 Å². The average Bonchev–Trinajstić information content (AvgIpc) is 2.87. The molecule has 1 atom stereocenters. The summed E-state index contributed by atoms with van der Waals surface area (Å²) in [5.41, 5.74) is 0. The Morgan fingerprint density at radius 2 is 2.31 bits per heavy atom. The molecule has 0 aliphatic carbocycles. The summed E-state index contributed by atoms with van der Waals surface area (Å²) >= 11 is 0. The third-order valence-corrected chi connectivity index (χ3v) is 2.43. The summed E-state index contributed by atoms with van der Waals surface area (Å²) in [6.45, 7) is 3.70. The fourth-order valence-electron chi connectivity index (χ4n) is 1.50. The van der Waals surface area contributed by atoms with Crippen LogP contribution in [0.25, 0.3) is 0 Å². The van der Waals surface area contributed by atoms with Crippen LogP contribution in [-0.2, 0) is 20.1 Å². The maximum Gasteiger partial charge on any atom is 0.140 e. The predicted molar refractivity (Wildman–Crippen MR) is 59.5 cm³/mol. The first-order chi connectivity index (χ1) is 7.75. The molecule has 0 amide bonds. The van der Waals surface area contributed by atoms with Crippen molar-refractivity contribution in [1.82, 2.24) is 29.9 Å². The van der Waals surface area contributed by atoms with Gasteiger partial charge in [-0.05, 0) is 13.0 Å². The molecule has 6 nitrogen and oxygen atoms in total. The Morgan fingerprint density at radius 3 is 2.94 bits per heavy atom. The van der Waals surface area contributed by atoms with Gasteiger partial charge in [0.2, 0.25) is 0 Å². The first-order valence-corrected chi connectivity index (χ1v) is 5.29. The SMILES string of the molecule is CC(Cn1cccn1)NCc1ncnn1C. The molecule has 6 heteroatoms. The van der Waals surface area contributed by atoms with Crippen LogP contribution in [0.3, 0.4) is 0 Å². The van der Waals surface area contributed by atoms with E-state index in [0.717, 1.165) is 18.9 Å². The highest BCUT2D eigenvalue weighted by Crippen LogP contribution is 1.94. The quantitative estimate of drug-likeness (QED) is 0.781. The van der Waals surface area contributed by atoms with Crippen LogP contribution in [-0.4, -0.2) is 30.6 Å². The van der Waals surface area contributed by atoms with Gasteiger partial charge < -0.3 is 5.32 Å². The predicted octanol–water partition coefficient (Wildman–Crippen LogP) is 0.190. The van der Waals surface area contributed by atoms with Crippen LogP contribution < -0.4 is 5.32 Å². The summed E-state index contributed by atoms with van der Waals surface area (Å²) in [4.78, 5) is 4.15. The standard InChI is InChI=1S/C10H16N6/c1-9(7-16-5-3-4-13-16)11-6-10-12-8-14-15(10)2/h3-5,8-9,11H,6-7H2,1-2H3. The van der Waals surface area contributed by atoms with Gasteiger partial charge in [-0.15, -0.1) is 0 Å². The molecule has 1 N–H and O–H groups in total. The minimum Gasteiger partial charge on any atom is -0.305 e. The smallest absolute Gasteiger partial charge is 0.140 e. The second-order valence-electron chi connectivity index (χ2n) is 3.81. The van der Waals surface area contributed by atoms with Crippen LogP contribution in [0.2, 0.25) is 0 Å². The lowest BCUT2D eigenvalue weighted by molar-refractivity contribution is 0.441. The van der Waals surface area contributed by atoms with Gasteiger partial charge in [-0.1, -0.05) is 0 Å². The van der Waals surface area contributed by atoms with Crippen LogP contribution in [0.15, 0.2) is 24.8 Å². The fourth-order valence-corrected chi connectivity index (χ4v) is 1.50. The van der Waals surface area contributed by atoms with Gasteiger partial charge in [-0.3, -0.25) is 9.36 Å². The summed E-state index contributed by atoms with van der Waals surface area (Å²) < 4.78 is 3.68. The number of aryl methyl sites for hydroxylation is 1. The minimum atomic E-state index is 0.344. The maximum absolute atomic E-state index is 4.16. The zero-order chi connectivity index (χ0) is 11.4. The van der Waals surface area contributed by atoms with E-state index < -0.39 is 0 Å². The Kier molecular flexibility index (Phi) is 3.31. The third kappa shape index (κ3) is 2.66. The van der Waals surface area contributed by atoms with Crippen molar-refractivity contribution in [1.29, 1.82) is 0 Å². The molecule has 0 fully saturated rings. The number of rotatable bonds is 5. The van der Waals surface area contributed by atoms with E-state index in [1.165, 1.54) is 0 Å². The lowest BCUT2D eigenvalue weighted by Gasteiger charge is -2.13. The molecule has 0 aromatic carbocycles. The van der Waals surface area contributed by atoms with Crippen molar-refractivity contribution in [3.63, 3.8) is 0 Å². The lowest BCUT2D eigenvalue weighted by atomic mass is 10.3. The molecule has 16 heavy (non-hydrogen) atoms. The molecule has 1 unspecified atom stereocenters. The zero-order valence-corrected chi connectivity index (χ0v) is 9.54. The summed E-state index contributed by atoms with van der Waals surface area (Å²) in [6, 6.07) is 2.27. The Hall–Kier alpha value is -1.69. The summed E-state index contributed by atoms with van der Waals surface area (Å²) in [5.74, 6) is 0.937. The van der Waals surface area contributed by atoms with E-state index in [-0.39, 0.29) is 0 Å². The molecule has 0 aliphatic heterocycles. The number of nitrogens with zero attached hydrogens (tertiary/aromatic N) is 5. The van der Waals surface area contributed by atoms with Crippen LogP contribution >= 0.6 is 0 Å². The molecule has 0 spiro atoms. The van der Waals surface area contributed by atoms with Crippen molar-refractivity contribution in [3.8, 4) is 0 Å². The Labute approximate surface area is 94.3 Å². The summed E-state index contributed by atoms with van der Waals surface area (Å²) in [5, 5.41) is 11.6. The van der Waals surface area contributed by atoms with E-state index >= 15 is 0 Å². The van der Waals surface area contributed by atoms with Crippen molar-refractivity contribution in [3.05, 3.63) is 30.6 Å². The van der Waals surface area contributed by atoms with E-state index in [1.54, 1.807) is 17.2 Å². The molecule has 2 aromatic rings. The summed E-state index contributed by atoms with van der Waals surface area (Å²) in [7, 11) is 1.89. The molecular weight excluding hydrogens is 204 g/mol. The van der Waals surface area contributed by atoms with E-state index in [2.05, 4.69) is 27.4 Å². The van der Waals surface area contributed by atoms with Crippen molar-refractivity contribution in [2.24, 2.45) is 7.05 Å². The molecule has 0 saturated heterocycles. The monoisotopic (exact) mass is 220 g/mol. The molecule has 0 bridgehead atoms. The van der Waals surface area contributed by atoms with Crippen LogP contribution in [0.1, 0.15) is 12.7 Å². The van der Waals surface area contributed by atoms with Gasteiger partial charge in [0.1, 0.15) is 12.2 Å². The first kappa shape index (κ1) is 10.8. The molecular formula is C10H16N6. The van der Waals surface area contributed by atoms with Crippen LogP contribution in [0.5, 0.6) is 0 Å². The number of hydrogen-bond donors (Lipinski definition) is 1. The first-order valence-electron chi connectivity index (χ1n) is 5.29. The number of hydrogen-bond acceptors (Lipinski definition) is 4. The highest BCUT2D eigenvalue weighted by molar-refractivity contribution is 4.84. The molecule has 2 aromatic heterocycles. The van der Waals surface area contributed by atoms with Crippen molar-refractivity contribution < 1.29 is 0 Å². The molecule has 0 radical (unpaired) electrons. The van der Waals surface area contributed by atoms with E-state index in [4.69, 9.17) is 0 Å². The largest absolute Gasteiger partial charge is 0.305 e. The highest BCUT2D eigenvalue weighted by atomic mass is 15.3. The molecule has 0 aliphatic rings. The van der Waals surface area contributed by atoms with Gasteiger partial charge in [0.05, 0.1) is 13.1 Å². The molecule has 0 saturated carbocycles. The van der Waals surface area contributed by atoms with Crippen LogP contribution in [0.4, 0.5) is 0 Å². The Balaban J connectivity index is 1.80. The lowest BCUT2D eigenvalue weighted by Crippen LogP contribution is -2.31. The van der Waals surface area contributed by atoms with Gasteiger partial charge in [-0.25, -0.2) is 4.98 Å². The molecule has 86 valence electrons. The van der Waals surface area contributed by atoms with E-state index in [9.17, 15) is 0 Å². The van der Waals surface area contributed by atoms with Crippen molar-refractivity contribution >= 4 is 0 Å². The van der Waals surface area contributed by atoms with Crippen LogP contribution in [0, 0.1) is 0 Å². The second-order valence-corrected chi connectivity index (χ2v) is 3.81. The second kappa shape index (κ2) is 4.89. The number of aromatic nitrogens is 5. The van der Waals surface area contributed by atoms with Gasteiger partial charge in [0, 0.05) is 25.5 Å². The third-order valence-electron chi connectivity index (χ3n) is 2.43. The zero-order valence-electron chi connectivity index (χ0n) is 9.54.